The van der Waals surface area contributed by atoms with Gasteiger partial charge in [-0.05, 0) is 67.6 Å². The molecule has 21 heavy (non-hydrogen) atoms. The van der Waals surface area contributed by atoms with Crippen LogP contribution in [0.2, 0.25) is 0 Å². The van der Waals surface area contributed by atoms with Gasteiger partial charge in [-0.15, -0.1) is 0 Å². The van der Waals surface area contributed by atoms with Crippen LogP contribution in [0.25, 0.3) is 0 Å². The van der Waals surface area contributed by atoms with Crippen molar-refractivity contribution in [1.82, 2.24) is 0 Å². The van der Waals surface area contributed by atoms with Crippen molar-refractivity contribution >= 4 is 11.4 Å². The van der Waals surface area contributed by atoms with Crippen LogP contribution in [-0.4, -0.2) is 7.05 Å². The molecule has 2 radical (unpaired) electrons. The van der Waals surface area contributed by atoms with Crippen molar-refractivity contribution in [2.24, 2.45) is 0 Å². The van der Waals surface area contributed by atoms with Gasteiger partial charge >= 0.3 is 0 Å². The summed E-state index contributed by atoms with van der Waals surface area (Å²) in [6.07, 6.45) is 0. The lowest BCUT2D eigenvalue weighted by Gasteiger charge is -2.22. The van der Waals surface area contributed by atoms with E-state index in [0.29, 0.717) is 0 Å². The van der Waals surface area contributed by atoms with E-state index in [1.165, 1.54) is 39.2 Å². The van der Waals surface area contributed by atoms with Crippen LogP contribution in [0.5, 0.6) is 0 Å². The Hall–Kier alpha value is -1.96. The van der Waals surface area contributed by atoms with Crippen LogP contribution < -0.4 is 9.80 Å². The molecule has 2 aromatic rings. The molecule has 0 aliphatic carbocycles. The summed E-state index contributed by atoms with van der Waals surface area (Å²) in [7, 11) is 2.06. The minimum Gasteiger partial charge on any atom is -0.343 e. The van der Waals surface area contributed by atoms with E-state index in [9.17, 15) is 0 Å². The lowest BCUT2D eigenvalue weighted by molar-refractivity contribution is 0.885. The van der Waals surface area contributed by atoms with E-state index < -0.39 is 0 Å². The molecule has 0 amide bonds. The van der Waals surface area contributed by atoms with Crippen molar-refractivity contribution in [2.75, 3.05) is 16.8 Å². The van der Waals surface area contributed by atoms with Gasteiger partial charge in [0.25, 0.3) is 0 Å². The number of anilines is 2. The van der Waals surface area contributed by atoms with Crippen LogP contribution in [0.3, 0.4) is 0 Å². The second kappa shape index (κ2) is 5.10. The highest BCUT2D eigenvalue weighted by Crippen LogP contribution is 2.38. The van der Waals surface area contributed by atoms with E-state index in [0.717, 1.165) is 6.54 Å². The first-order valence-electron chi connectivity index (χ1n) is 7.42. The van der Waals surface area contributed by atoms with Gasteiger partial charge in [-0.2, -0.15) is 0 Å². The normalized spacial score (nSPS) is 13.8. The number of nitrogens with zero attached hydrogens (tertiary/aromatic N) is 2. The summed E-state index contributed by atoms with van der Waals surface area (Å²) in [5, 5.41) is 0. The van der Waals surface area contributed by atoms with Gasteiger partial charge in [-0.3, -0.25) is 0 Å². The van der Waals surface area contributed by atoms with Gasteiger partial charge in [-0.25, -0.2) is 0 Å². The third-order valence-corrected chi connectivity index (χ3v) is 4.64. The van der Waals surface area contributed by atoms with Crippen LogP contribution in [0, 0.1) is 34.4 Å². The molecule has 0 spiro atoms. The van der Waals surface area contributed by atoms with Crippen molar-refractivity contribution in [3.63, 3.8) is 0 Å². The molecule has 1 aliphatic heterocycles. The highest BCUT2D eigenvalue weighted by Gasteiger charge is 2.25. The molecular weight excluding hydrogens is 256 g/mol. The van der Waals surface area contributed by atoms with E-state index >= 15 is 0 Å². The summed E-state index contributed by atoms with van der Waals surface area (Å²) in [5.74, 6) is 0. The molecule has 108 valence electrons. The molecule has 0 N–H and O–H groups in total. The Morgan fingerprint density at radius 1 is 0.905 bits per heavy atom. The Morgan fingerprint density at radius 2 is 1.48 bits per heavy atom. The first-order valence-corrected chi connectivity index (χ1v) is 7.42. The Balaban J connectivity index is 2.00. The topological polar surface area (TPSA) is 6.48 Å². The van der Waals surface area contributed by atoms with E-state index in [1.54, 1.807) is 0 Å². The molecule has 2 nitrogen and oxygen atoms in total. The van der Waals surface area contributed by atoms with Crippen molar-refractivity contribution in [3.8, 4) is 0 Å². The molecule has 0 bridgehead atoms. The third kappa shape index (κ3) is 2.29. The van der Waals surface area contributed by atoms with Crippen LogP contribution in [-0.2, 0) is 6.54 Å². The maximum absolute atomic E-state index is 3.43. The number of hydrogen-bond acceptors (Lipinski definition) is 2. The van der Waals surface area contributed by atoms with Crippen molar-refractivity contribution < 1.29 is 0 Å². The van der Waals surface area contributed by atoms with E-state index in [2.05, 4.69) is 81.5 Å². The fourth-order valence-corrected chi connectivity index (χ4v) is 3.08. The smallest absolute Gasteiger partial charge is 0.208 e. The maximum atomic E-state index is 3.43. The molecule has 0 unspecified atom stereocenters. The first-order chi connectivity index (χ1) is 9.99. The first kappa shape index (κ1) is 14.0. The van der Waals surface area contributed by atoms with Crippen LogP contribution in [0.1, 0.15) is 27.8 Å². The summed E-state index contributed by atoms with van der Waals surface area (Å²) < 4.78 is 0. The fourth-order valence-electron chi connectivity index (χ4n) is 3.08. The Bertz CT molecular complexity index is 662. The van der Waals surface area contributed by atoms with Gasteiger partial charge in [0.1, 0.15) is 0 Å². The predicted octanol–water partition coefficient (Wildman–Crippen LogP) is 4.37. The number of benzene rings is 2. The Morgan fingerprint density at radius 3 is 2.10 bits per heavy atom. The summed E-state index contributed by atoms with van der Waals surface area (Å²) in [6, 6.07) is 10.8. The minimum absolute atomic E-state index is 0.877. The zero-order valence-electron chi connectivity index (χ0n) is 13.5. The summed E-state index contributed by atoms with van der Waals surface area (Å²) >= 11 is 0. The highest BCUT2D eigenvalue weighted by molar-refractivity contribution is 5.78. The van der Waals surface area contributed by atoms with Crippen molar-refractivity contribution in [2.45, 2.75) is 34.2 Å². The predicted molar refractivity (Wildman–Crippen MR) is 89.7 cm³/mol. The molecule has 2 heteroatoms. The largest absolute Gasteiger partial charge is 0.343 e. The minimum atomic E-state index is 0.877. The molecule has 1 aliphatic rings. The molecule has 0 fully saturated rings. The third-order valence-electron chi connectivity index (χ3n) is 4.64. The molecular formula is C19H22N2. The molecule has 0 saturated carbocycles. The average molecular weight is 278 g/mol. The second-order valence-corrected chi connectivity index (χ2v) is 5.97. The summed E-state index contributed by atoms with van der Waals surface area (Å²) in [5.41, 5.74) is 9.40. The summed E-state index contributed by atoms with van der Waals surface area (Å²) in [4.78, 5) is 4.30. The molecule has 0 saturated heterocycles. The van der Waals surface area contributed by atoms with Gasteiger partial charge in [0.2, 0.25) is 6.67 Å². The molecule has 0 atom stereocenters. The standard InChI is InChI=1S/C19H22N2/c1-13-10-14(2)16(4)17(15(13)3)11-21-12-20(5)18-8-6-7-9-19(18)21/h6-10H,11H2,1-5H3. The number of para-hydroxylation sites is 2. The second-order valence-electron chi connectivity index (χ2n) is 5.97. The van der Waals surface area contributed by atoms with Gasteiger partial charge in [0.05, 0.1) is 11.4 Å². The van der Waals surface area contributed by atoms with Gasteiger partial charge < -0.3 is 9.80 Å². The van der Waals surface area contributed by atoms with E-state index in [-0.39, 0.29) is 0 Å². The number of rotatable bonds is 2. The summed E-state index contributed by atoms with van der Waals surface area (Å²) in [6.45, 7) is 13.1. The van der Waals surface area contributed by atoms with Crippen LogP contribution >= 0.6 is 0 Å². The lowest BCUT2D eigenvalue weighted by atomic mass is 9.94. The SMILES string of the molecule is Cc1cc(C)c(C)c(CN2[C]N(C)c3ccccc32)c1C. The highest BCUT2D eigenvalue weighted by atomic mass is 15.4. The van der Waals surface area contributed by atoms with Crippen LogP contribution in [0.15, 0.2) is 30.3 Å². The van der Waals surface area contributed by atoms with Gasteiger partial charge in [0.15, 0.2) is 0 Å². The van der Waals surface area contributed by atoms with Crippen molar-refractivity contribution in [1.29, 1.82) is 0 Å². The zero-order valence-corrected chi connectivity index (χ0v) is 13.5. The number of fused-ring (bicyclic) bond motifs is 1. The lowest BCUT2D eigenvalue weighted by Crippen LogP contribution is -2.22. The van der Waals surface area contributed by atoms with E-state index in [4.69, 9.17) is 0 Å². The number of hydrogen-bond donors (Lipinski definition) is 0. The van der Waals surface area contributed by atoms with Gasteiger partial charge in [-0.1, -0.05) is 18.2 Å². The molecule has 0 aromatic heterocycles. The Kier molecular flexibility index (Phi) is 3.40. The van der Waals surface area contributed by atoms with Crippen LogP contribution in [0.4, 0.5) is 11.4 Å². The molecule has 1 heterocycles. The fraction of sp³-hybridized carbons (Fsp3) is 0.316. The zero-order chi connectivity index (χ0) is 15.1. The monoisotopic (exact) mass is 278 g/mol. The van der Waals surface area contributed by atoms with E-state index in [1.807, 2.05) is 0 Å². The number of aryl methyl sites for hydroxylation is 2. The maximum Gasteiger partial charge on any atom is 0.208 e. The molecule has 3 rings (SSSR count). The van der Waals surface area contributed by atoms with Crippen molar-refractivity contribution in [3.05, 3.63) is 64.8 Å². The average Bonchev–Trinajstić information content (AvgIpc) is 2.79. The molecule has 2 aromatic carbocycles. The Labute approximate surface area is 128 Å². The quantitative estimate of drug-likeness (QED) is 0.804. The van der Waals surface area contributed by atoms with Gasteiger partial charge in [0, 0.05) is 13.6 Å².